The van der Waals surface area contributed by atoms with E-state index in [1.54, 1.807) is 0 Å². The summed E-state index contributed by atoms with van der Waals surface area (Å²) in [4.78, 5) is 4.29. The number of hydrogen-bond donors (Lipinski definition) is 1. The smallest absolute Gasteiger partial charge is 0.127 e. The second-order valence-corrected chi connectivity index (χ2v) is 3.40. The third-order valence-corrected chi connectivity index (χ3v) is 2.56. The van der Waals surface area contributed by atoms with Crippen LogP contribution in [0.2, 0.25) is 0 Å². The first-order valence-corrected chi connectivity index (χ1v) is 4.80. The van der Waals surface area contributed by atoms with Gasteiger partial charge in [0.1, 0.15) is 10.4 Å². The maximum atomic E-state index is 8.75. The van der Waals surface area contributed by atoms with Crippen molar-refractivity contribution in [3.05, 3.63) is 16.1 Å². The van der Waals surface area contributed by atoms with E-state index in [2.05, 4.69) is 27.8 Å². The molecule has 0 saturated carbocycles. The van der Waals surface area contributed by atoms with Crippen molar-refractivity contribution in [2.75, 3.05) is 6.61 Å². The largest absolute Gasteiger partial charge is 0.396 e. The van der Waals surface area contributed by atoms with Crippen LogP contribution in [0.4, 0.5) is 0 Å². The average Bonchev–Trinajstić information content (AvgIpc) is 2.29. The van der Waals surface area contributed by atoms with E-state index in [0.717, 1.165) is 16.8 Å². The number of aromatic nitrogens is 2. The molecule has 0 bridgehead atoms. The minimum atomic E-state index is 0.153. The Morgan fingerprint density at radius 2 is 2.25 bits per heavy atom. The van der Waals surface area contributed by atoms with Gasteiger partial charge in [-0.2, -0.15) is 0 Å². The predicted molar refractivity (Wildman–Crippen MR) is 51.1 cm³/mol. The molecule has 0 aromatic carbocycles. The number of rotatable bonds is 3. The molecule has 68 valence electrons. The molecule has 3 nitrogen and oxygen atoms in total. The molecule has 1 heterocycles. The van der Waals surface area contributed by atoms with Crippen LogP contribution in [0.15, 0.2) is 4.60 Å². The van der Waals surface area contributed by atoms with Crippen LogP contribution in [0.5, 0.6) is 0 Å². The van der Waals surface area contributed by atoms with Gasteiger partial charge in [-0.15, -0.1) is 0 Å². The van der Waals surface area contributed by atoms with Crippen LogP contribution in [0.1, 0.15) is 18.4 Å². The highest BCUT2D eigenvalue weighted by Gasteiger charge is 2.09. The van der Waals surface area contributed by atoms with Gasteiger partial charge < -0.3 is 9.67 Å². The van der Waals surface area contributed by atoms with E-state index in [9.17, 15) is 0 Å². The van der Waals surface area contributed by atoms with E-state index < -0.39 is 0 Å². The molecule has 0 aliphatic heterocycles. The molecule has 1 aromatic rings. The molecule has 0 unspecified atom stereocenters. The van der Waals surface area contributed by atoms with Gasteiger partial charge in [0, 0.05) is 13.5 Å². The summed E-state index contributed by atoms with van der Waals surface area (Å²) < 4.78 is 2.93. The number of hydrogen-bond acceptors (Lipinski definition) is 2. The van der Waals surface area contributed by atoms with Gasteiger partial charge in [0.2, 0.25) is 0 Å². The van der Waals surface area contributed by atoms with Crippen molar-refractivity contribution in [2.24, 2.45) is 7.05 Å². The molecule has 1 rings (SSSR count). The number of nitrogens with zero attached hydrogens (tertiary/aromatic N) is 2. The predicted octanol–water partition coefficient (Wildman–Crippen LogP) is 1.28. The SMILES string of the molecule is CCc1c(Br)nc(CCO)n1C. The number of halogens is 1. The molecule has 0 aliphatic carbocycles. The lowest BCUT2D eigenvalue weighted by Gasteiger charge is -2.01. The fourth-order valence-electron chi connectivity index (χ4n) is 1.25. The highest BCUT2D eigenvalue weighted by atomic mass is 79.9. The van der Waals surface area contributed by atoms with Crippen LogP contribution in [-0.2, 0) is 19.9 Å². The average molecular weight is 233 g/mol. The molecule has 0 saturated heterocycles. The lowest BCUT2D eigenvalue weighted by Crippen LogP contribution is -2.03. The van der Waals surface area contributed by atoms with Gasteiger partial charge in [-0.3, -0.25) is 0 Å². The summed E-state index contributed by atoms with van der Waals surface area (Å²) in [5, 5.41) is 8.75. The molecule has 0 atom stereocenters. The standard InChI is InChI=1S/C8H13BrN2O/c1-3-6-8(9)10-7(4-5-12)11(6)2/h12H,3-5H2,1-2H3. The first-order chi connectivity index (χ1) is 5.70. The van der Waals surface area contributed by atoms with E-state index in [1.165, 1.54) is 5.69 Å². The molecular formula is C8H13BrN2O. The summed E-state index contributed by atoms with van der Waals surface area (Å²) in [5.41, 5.74) is 1.18. The monoisotopic (exact) mass is 232 g/mol. The normalized spacial score (nSPS) is 10.7. The van der Waals surface area contributed by atoms with Crippen molar-refractivity contribution in [2.45, 2.75) is 19.8 Å². The highest BCUT2D eigenvalue weighted by Crippen LogP contribution is 2.17. The number of aliphatic hydroxyl groups excluding tert-OH is 1. The van der Waals surface area contributed by atoms with Crippen LogP contribution < -0.4 is 0 Å². The zero-order valence-corrected chi connectivity index (χ0v) is 8.93. The zero-order valence-electron chi connectivity index (χ0n) is 7.34. The molecule has 4 heteroatoms. The van der Waals surface area contributed by atoms with Gasteiger partial charge in [0.05, 0.1) is 12.3 Å². The molecule has 1 aromatic heterocycles. The van der Waals surface area contributed by atoms with Crippen molar-refractivity contribution in [1.82, 2.24) is 9.55 Å². The lowest BCUT2D eigenvalue weighted by molar-refractivity contribution is 0.295. The fourth-order valence-corrected chi connectivity index (χ4v) is 2.00. The van der Waals surface area contributed by atoms with Crippen LogP contribution in [0.25, 0.3) is 0 Å². The fraction of sp³-hybridized carbons (Fsp3) is 0.625. The highest BCUT2D eigenvalue weighted by molar-refractivity contribution is 9.10. The van der Waals surface area contributed by atoms with Crippen molar-refractivity contribution in [1.29, 1.82) is 0 Å². The number of aliphatic hydroxyl groups is 1. The van der Waals surface area contributed by atoms with Gasteiger partial charge in [0.25, 0.3) is 0 Å². The maximum absolute atomic E-state index is 8.75. The molecular weight excluding hydrogens is 220 g/mol. The Labute approximate surface area is 80.6 Å². The Balaban J connectivity index is 3.00. The third-order valence-electron chi connectivity index (χ3n) is 1.93. The quantitative estimate of drug-likeness (QED) is 0.853. The van der Waals surface area contributed by atoms with E-state index in [0.29, 0.717) is 6.42 Å². The van der Waals surface area contributed by atoms with E-state index in [4.69, 9.17) is 5.11 Å². The molecule has 12 heavy (non-hydrogen) atoms. The Bertz CT molecular complexity index is 270. The second-order valence-electron chi connectivity index (χ2n) is 2.65. The van der Waals surface area contributed by atoms with Crippen LogP contribution in [0.3, 0.4) is 0 Å². The summed E-state index contributed by atoms with van der Waals surface area (Å²) in [6.45, 7) is 2.24. The van der Waals surface area contributed by atoms with Gasteiger partial charge in [-0.1, -0.05) is 6.92 Å². The van der Waals surface area contributed by atoms with Gasteiger partial charge in [0.15, 0.2) is 0 Å². The summed E-state index contributed by atoms with van der Waals surface area (Å²) in [5.74, 6) is 0.932. The Kier molecular flexibility index (Phi) is 3.29. The van der Waals surface area contributed by atoms with E-state index in [-0.39, 0.29) is 6.61 Å². The molecule has 0 spiro atoms. The Morgan fingerprint density at radius 1 is 1.58 bits per heavy atom. The van der Waals surface area contributed by atoms with Gasteiger partial charge >= 0.3 is 0 Å². The molecule has 0 radical (unpaired) electrons. The van der Waals surface area contributed by atoms with Crippen molar-refractivity contribution in [3.8, 4) is 0 Å². The number of imidazole rings is 1. The molecule has 0 amide bonds. The minimum absolute atomic E-state index is 0.153. The van der Waals surface area contributed by atoms with Crippen molar-refractivity contribution < 1.29 is 5.11 Å². The molecule has 0 fully saturated rings. The topological polar surface area (TPSA) is 38.1 Å². The Hall–Kier alpha value is -0.350. The van der Waals surface area contributed by atoms with Gasteiger partial charge in [-0.25, -0.2) is 4.98 Å². The zero-order chi connectivity index (χ0) is 9.14. The minimum Gasteiger partial charge on any atom is -0.396 e. The first kappa shape index (κ1) is 9.74. The maximum Gasteiger partial charge on any atom is 0.127 e. The van der Waals surface area contributed by atoms with Crippen molar-refractivity contribution >= 4 is 15.9 Å². The first-order valence-electron chi connectivity index (χ1n) is 4.01. The van der Waals surface area contributed by atoms with Crippen molar-refractivity contribution in [3.63, 3.8) is 0 Å². The summed E-state index contributed by atoms with van der Waals surface area (Å²) in [7, 11) is 1.97. The summed E-state index contributed by atoms with van der Waals surface area (Å²) in [6.07, 6.45) is 1.57. The van der Waals surface area contributed by atoms with Crippen LogP contribution >= 0.6 is 15.9 Å². The van der Waals surface area contributed by atoms with E-state index >= 15 is 0 Å². The van der Waals surface area contributed by atoms with Crippen LogP contribution in [0, 0.1) is 0 Å². The van der Waals surface area contributed by atoms with Crippen LogP contribution in [-0.4, -0.2) is 21.3 Å². The lowest BCUT2D eigenvalue weighted by atomic mass is 10.3. The van der Waals surface area contributed by atoms with Gasteiger partial charge in [-0.05, 0) is 22.4 Å². The Morgan fingerprint density at radius 3 is 2.67 bits per heavy atom. The van der Waals surface area contributed by atoms with E-state index in [1.807, 2.05) is 11.6 Å². The summed E-state index contributed by atoms with van der Waals surface area (Å²) >= 11 is 3.38. The second kappa shape index (κ2) is 4.05. The molecule has 1 N–H and O–H groups in total. The molecule has 0 aliphatic rings. The summed E-state index contributed by atoms with van der Waals surface area (Å²) in [6, 6.07) is 0. The third kappa shape index (κ3) is 1.69.